The minimum atomic E-state index is -0.606. The van der Waals surface area contributed by atoms with Gasteiger partial charge in [0.1, 0.15) is 27.6 Å². The van der Waals surface area contributed by atoms with Crippen molar-refractivity contribution >= 4 is 34.7 Å². The summed E-state index contributed by atoms with van der Waals surface area (Å²) in [6.45, 7) is 8.79. The van der Waals surface area contributed by atoms with E-state index in [0.29, 0.717) is 22.3 Å². The lowest BCUT2D eigenvalue weighted by molar-refractivity contribution is -0.115. The van der Waals surface area contributed by atoms with Crippen molar-refractivity contribution in [2.45, 2.75) is 20.4 Å². The predicted molar refractivity (Wildman–Crippen MR) is 136 cm³/mol. The predicted octanol–water partition coefficient (Wildman–Crippen LogP) is 0.223. The maximum Gasteiger partial charge on any atom is 0.270 e. The molecule has 2 N–H and O–H groups in total. The van der Waals surface area contributed by atoms with Gasteiger partial charge in [-0.25, -0.2) is 0 Å². The van der Waals surface area contributed by atoms with Gasteiger partial charge in [-0.15, -0.1) is 17.8 Å². The number of nitriles is 1. The van der Waals surface area contributed by atoms with Crippen molar-refractivity contribution in [1.82, 2.24) is 14.8 Å². The van der Waals surface area contributed by atoms with Crippen LogP contribution in [0.15, 0.2) is 23.0 Å². The molecule has 10 heteroatoms. The zero-order chi connectivity index (χ0) is 25.2. The molecule has 1 aliphatic rings. The van der Waals surface area contributed by atoms with Gasteiger partial charge in [0.15, 0.2) is 5.57 Å². The molecule has 9 nitrogen and oxygen atoms in total. The SMILES string of the molecule is C#CCNC(=O)C(C#N)=c1sc(=CNc2ccc(C)c(OCCN3CCOCC3)c2)c(=O)n1CC. The van der Waals surface area contributed by atoms with Crippen molar-refractivity contribution in [3.8, 4) is 24.2 Å². The summed E-state index contributed by atoms with van der Waals surface area (Å²) in [4.78, 5) is 27.5. The Balaban J connectivity index is 1.81. The molecule has 3 rings (SSSR count). The Kier molecular flexibility index (Phi) is 9.50. The number of hydrogen-bond donors (Lipinski definition) is 2. The first-order valence-corrected chi connectivity index (χ1v) is 12.2. The van der Waals surface area contributed by atoms with Crippen LogP contribution in [0, 0.1) is 30.6 Å². The molecule has 1 amide bonds. The van der Waals surface area contributed by atoms with E-state index in [0.717, 1.165) is 61.2 Å². The Bertz CT molecular complexity index is 1310. The van der Waals surface area contributed by atoms with Gasteiger partial charge in [-0.1, -0.05) is 12.0 Å². The molecular formula is C25H29N5O4S. The molecule has 184 valence electrons. The van der Waals surface area contributed by atoms with Gasteiger partial charge in [0.05, 0.1) is 19.8 Å². The van der Waals surface area contributed by atoms with Crippen LogP contribution in [0.4, 0.5) is 5.69 Å². The second-order valence-electron chi connectivity index (χ2n) is 7.77. The molecule has 2 aromatic rings. The zero-order valence-electron chi connectivity index (χ0n) is 19.9. The van der Waals surface area contributed by atoms with Crippen LogP contribution < -0.4 is 30.1 Å². The molecule has 0 bridgehead atoms. The minimum absolute atomic E-state index is 0.00341. The van der Waals surface area contributed by atoms with Crippen molar-refractivity contribution in [2.75, 3.05) is 51.3 Å². The highest BCUT2D eigenvalue weighted by molar-refractivity contribution is 7.07. The molecule has 35 heavy (non-hydrogen) atoms. The lowest BCUT2D eigenvalue weighted by Crippen LogP contribution is -2.38. The van der Waals surface area contributed by atoms with Crippen LogP contribution in [0.3, 0.4) is 0 Å². The van der Waals surface area contributed by atoms with Crippen molar-refractivity contribution in [3.05, 3.63) is 43.3 Å². The van der Waals surface area contributed by atoms with Gasteiger partial charge in [-0.3, -0.25) is 19.1 Å². The average molecular weight is 496 g/mol. The number of rotatable bonds is 9. The second-order valence-corrected chi connectivity index (χ2v) is 8.80. The topological polar surface area (TPSA) is 109 Å². The summed E-state index contributed by atoms with van der Waals surface area (Å²) in [5, 5.41) is 15.1. The summed E-state index contributed by atoms with van der Waals surface area (Å²) in [5.74, 6) is 2.45. The van der Waals surface area contributed by atoms with E-state index in [1.165, 1.54) is 4.57 Å². The van der Waals surface area contributed by atoms with E-state index in [4.69, 9.17) is 15.9 Å². The van der Waals surface area contributed by atoms with Crippen LogP contribution in [0.25, 0.3) is 11.8 Å². The number of amides is 1. The summed E-state index contributed by atoms with van der Waals surface area (Å²) in [7, 11) is 0. The van der Waals surface area contributed by atoms with Crippen LogP contribution in [0.2, 0.25) is 0 Å². The minimum Gasteiger partial charge on any atom is -0.492 e. The average Bonchev–Trinajstić information content (AvgIpc) is 3.18. The number of nitrogens with one attached hydrogen (secondary N) is 2. The molecular weight excluding hydrogens is 466 g/mol. The number of ether oxygens (including phenoxy) is 2. The van der Waals surface area contributed by atoms with Gasteiger partial charge in [-0.2, -0.15) is 5.26 Å². The smallest absolute Gasteiger partial charge is 0.270 e. The van der Waals surface area contributed by atoms with Crippen LogP contribution in [-0.4, -0.2) is 61.4 Å². The molecule has 1 aromatic carbocycles. The van der Waals surface area contributed by atoms with Gasteiger partial charge in [0, 0.05) is 44.1 Å². The fraction of sp³-hybridized carbons (Fsp3) is 0.400. The summed E-state index contributed by atoms with van der Waals surface area (Å²) in [6, 6.07) is 7.63. The largest absolute Gasteiger partial charge is 0.492 e. The number of carbonyl (C=O) groups is 1. The molecule has 0 radical (unpaired) electrons. The number of anilines is 1. The molecule has 1 aromatic heterocycles. The molecule has 1 aliphatic heterocycles. The molecule has 0 aliphatic carbocycles. The van der Waals surface area contributed by atoms with E-state index in [2.05, 4.69) is 21.5 Å². The van der Waals surface area contributed by atoms with Crippen molar-refractivity contribution in [3.63, 3.8) is 0 Å². The van der Waals surface area contributed by atoms with Gasteiger partial charge in [0.25, 0.3) is 11.5 Å². The van der Waals surface area contributed by atoms with Crippen LogP contribution >= 0.6 is 11.3 Å². The highest BCUT2D eigenvalue weighted by Crippen LogP contribution is 2.22. The summed E-state index contributed by atoms with van der Waals surface area (Å²) >= 11 is 1.07. The lowest BCUT2D eigenvalue weighted by Gasteiger charge is -2.26. The molecule has 2 heterocycles. The fourth-order valence-electron chi connectivity index (χ4n) is 3.51. The van der Waals surface area contributed by atoms with E-state index < -0.39 is 5.91 Å². The number of hydrogen-bond acceptors (Lipinski definition) is 8. The highest BCUT2D eigenvalue weighted by atomic mass is 32.1. The molecule has 0 unspecified atom stereocenters. The monoisotopic (exact) mass is 495 g/mol. The van der Waals surface area contributed by atoms with E-state index in [9.17, 15) is 14.9 Å². The van der Waals surface area contributed by atoms with Gasteiger partial charge >= 0.3 is 0 Å². The third-order valence-electron chi connectivity index (χ3n) is 5.45. The first kappa shape index (κ1) is 26.0. The number of nitrogens with zero attached hydrogens (tertiary/aromatic N) is 3. The summed E-state index contributed by atoms with van der Waals surface area (Å²) in [6.07, 6.45) is 6.76. The maximum absolute atomic E-state index is 12.9. The van der Waals surface area contributed by atoms with Crippen LogP contribution in [0.1, 0.15) is 12.5 Å². The van der Waals surface area contributed by atoms with Crippen molar-refractivity contribution in [1.29, 1.82) is 5.26 Å². The molecule has 1 fully saturated rings. The van der Waals surface area contributed by atoms with Gasteiger partial charge in [-0.05, 0) is 25.5 Å². The number of thiazole rings is 1. The third kappa shape index (κ3) is 6.74. The number of morpholine rings is 1. The van der Waals surface area contributed by atoms with Crippen molar-refractivity contribution in [2.24, 2.45) is 0 Å². The Morgan fingerprint density at radius 2 is 2.14 bits per heavy atom. The van der Waals surface area contributed by atoms with Crippen molar-refractivity contribution < 1.29 is 14.3 Å². The van der Waals surface area contributed by atoms with Gasteiger partial charge in [0.2, 0.25) is 0 Å². The van der Waals surface area contributed by atoms with Gasteiger partial charge < -0.3 is 20.1 Å². The fourth-order valence-corrected chi connectivity index (χ4v) is 4.60. The second kappa shape index (κ2) is 12.8. The van der Waals surface area contributed by atoms with E-state index in [1.807, 2.05) is 31.2 Å². The van der Waals surface area contributed by atoms with E-state index >= 15 is 0 Å². The normalized spacial score (nSPS) is 15.1. The zero-order valence-corrected chi connectivity index (χ0v) is 20.7. The first-order valence-electron chi connectivity index (χ1n) is 11.3. The number of aromatic nitrogens is 1. The van der Waals surface area contributed by atoms with E-state index in [-0.39, 0.29) is 17.7 Å². The lowest BCUT2D eigenvalue weighted by atomic mass is 10.2. The van der Waals surface area contributed by atoms with Crippen LogP contribution in [-0.2, 0) is 16.1 Å². The van der Waals surface area contributed by atoms with Crippen LogP contribution in [0.5, 0.6) is 5.75 Å². The summed E-state index contributed by atoms with van der Waals surface area (Å²) in [5.41, 5.74) is 1.34. The number of terminal acetylenes is 1. The number of benzene rings is 1. The number of aryl methyl sites for hydroxylation is 1. The Morgan fingerprint density at radius 3 is 2.83 bits per heavy atom. The number of carbonyl (C=O) groups excluding carboxylic acids is 1. The summed E-state index contributed by atoms with van der Waals surface area (Å²) < 4.78 is 13.4. The molecule has 1 saturated heterocycles. The first-order chi connectivity index (χ1) is 17.0. The molecule has 0 saturated carbocycles. The maximum atomic E-state index is 12.9. The Labute approximate surface area is 208 Å². The molecule has 0 atom stereocenters. The highest BCUT2D eigenvalue weighted by Gasteiger charge is 2.15. The standard InChI is InChI=1S/C25H29N5O4S/c1-4-8-27-23(31)20(16-26)25-30(5-2)24(32)22(35-25)17-28-19-7-6-18(3)21(15-19)34-14-11-29-9-12-33-13-10-29/h1,6-7,15,17,28H,5,8-14H2,2-3H3,(H,27,31). The quantitative estimate of drug-likeness (QED) is 0.479. The van der Waals surface area contributed by atoms with E-state index in [1.54, 1.807) is 13.1 Å². The Hall–Kier alpha value is -3.57. The Morgan fingerprint density at radius 1 is 1.37 bits per heavy atom. The molecule has 0 spiro atoms. The third-order valence-corrected chi connectivity index (χ3v) is 6.58.